The second-order valence-electron chi connectivity index (χ2n) is 7.56. The summed E-state index contributed by atoms with van der Waals surface area (Å²) in [4.78, 5) is 0. The van der Waals surface area contributed by atoms with Crippen LogP contribution in [0.1, 0.15) is 45.2 Å². The van der Waals surface area contributed by atoms with E-state index in [9.17, 15) is 0 Å². The van der Waals surface area contributed by atoms with Gasteiger partial charge in [-0.05, 0) is 47.2 Å². The zero-order valence-corrected chi connectivity index (χ0v) is 16.9. The van der Waals surface area contributed by atoms with Crippen molar-refractivity contribution in [3.63, 3.8) is 0 Å². The van der Waals surface area contributed by atoms with E-state index >= 15 is 0 Å². The first kappa shape index (κ1) is 21.3. The van der Waals surface area contributed by atoms with Crippen LogP contribution in [0.3, 0.4) is 0 Å². The van der Waals surface area contributed by atoms with Crippen LogP contribution in [0.25, 0.3) is 0 Å². The first-order valence-corrected chi connectivity index (χ1v) is 9.57. The van der Waals surface area contributed by atoms with Crippen LogP contribution in [0.2, 0.25) is 0 Å². The highest BCUT2D eigenvalue weighted by molar-refractivity contribution is 5.44. The number of hydrogen-bond donors (Lipinski definition) is 2. The van der Waals surface area contributed by atoms with Crippen molar-refractivity contribution in [1.82, 2.24) is 0 Å². The van der Waals surface area contributed by atoms with E-state index in [2.05, 4.69) is 52.0 Å². The van der Waals surface area contributed by atoms with Crippen LogP contribution in [0.4, 0.5) is 0 Å². The highest BCUT2D eigenvalue weighted by Crippen LogP contribution is 2.49. The highest BCUT2D eigenvalue weighted by Gasteiger charge is 2.42. The SMILES string of the molecule is CCC(C)(C)C(C)(c1ccc(OCCO)cc1)c1ccc(OCCO)cc1. The van der Waals surface area contributed by atoms with Crippen molar-refractivity contribution in [2.45, 2.75) is 39.5 Å². The van der Waals surface area contributed by atoms with E-state index in [0.29, 0.717) is 13.2 Å². The van der Waals surface area contributed by atoms with E-state index in [4.69, 9.17) is 19.7 Å². The van der Waals surface area contributed by atoms with Crippen LogP contribution in [-0.4, -0.2) is 36.6 Å². The first-order chi connectivity index (χ1) is 12.9. The van der Waals surface area contributed by atoms with Crippen molar-refractivity contribution in [1.29, 1.82) is 0 Å². The molecule has 2 aromatic rings. The quantitative estimate of drug-likeness (QED) is 0.657. The highest BCUT2D eigenvalue weighted by atomic mass is 16.5. The molecule has 0 unspecified atom stereocenters. The van der Waals surface area contributed by atoms with E-state index in [1.165, 1.54) is 11.1 Å². The van der Waals surface area contributed by atoms with Crippen LogP contribution in [-0.2, 0) is 5.41 Å². The van der Waals surface area contributed by atoms with Crippen molar-refractivity contribution in [2.75, 3.05) is 26.4 Å². The molecular formula is C23H32O4. The molecule has 0 saturated carbocycles. The summed E-state index contributed by atoms with van der Waals surface area (Å²) < 4.78 is 11.0. The van der Waals surface area contributed by atoms with Gasteiger partial charge in [0.2, 0.25) is 0 Å². The largest absolute Gasteiger partial charge is 0.491 e. The Labute approximate surface area is 162 Å². The van der Waals surface area contributed by atoms with Crippen molar-refractivity contribution in [3.05, 3.63) is 59.7 Å². The molecule has 0 saturated heterocycles. The standard InChI is InChI=1S/C23H32O4/c1-5-22(2,3)23(4,18-6-10-20(11-7-18)26-16-14-24)19-8-12-21(13-9-19)27-17-15-25/h6-13,24-25H,5,14-17H2,1-4H3. The summed E-state index contributed by atoms with van der Waals surface area (Å²) in [5.74, 6) is 1.52. The molecule has 0 aromatic heterocycles. The summed E-state index contributed by atoms with van der Waals surface area (Å²) >= 11 is 0. The first-order valence-electron chi connectivity index (χ1n) is 9.57. The van der Waals surface area contributed by atoms with Crippen LogP contribution in [0, 0.1) is 5.41 Å². The third kappa shape index (κ3) is 4.63. The van der Waals surface area contributed by atoms with Crippen LogP contribution in [0.15, 0.2) is 48.5 Å². The summed E-state index contributed by atoms with van der Waals surface area (Å²) in [5.41, 5.74) is 2.25. The van der Waals surface area contributed by atoms with Gasteiger partial charge >= 0.3 is 0 Å². The molecular weight excluding hydrogens is 340 g/mol. The number of rotatable bonds is 10. The van der Waals surface area contributed by atoms with Crippen molar-refractivity contribution in [3.8, 4) is 11.5 Å². The lowest BCUT2D eigenvalue weighted by atomic mass is 9.58. The average molecular weight is 373 g/mol. The van der Waals surface area contributed by atoms with Crippen molar-refractivity contribution < 1.29 is 19.7 Å². The molecule has 27 heavy (non-hydrogen) atoms. The molecule has 2 N–H and O–H groups in total. The zero-order valence-electron chi connectivity index (χ0n) is 16.9. The summed E-state index contributed by atoms with van der Waals surface area (Å²) in [6, 6.07) is 16.3. The summed E-state index contributed by atoms with van der Waals surface area (Å²) in [6.45, 7) is 9.69. The van der Waals surface area contributed by atoms with Gasteiger partial charge in [-0.25, -0.2) is 0 Å². The van der Waals surface area contributed by atoms with Gasteiger partial charge in [0.25, 0.3) is 0 Å². The van der Waals surface area contributed by atoms with Crippen LogP contribution in [0.5, 0.6) is 11.5 Å². The molecule has 4 nitrogen and oxygen atoms in total. The Morgan fingerprint density at radius 3 is 1.37 bits per heavy atom. The molecule has 148 valence electrons. The molecule has 0 aliphatic carbocycles. The van der Waals surface area contributed by atoms with E-state index < -0.39 is 0 Å². The van der Waals surface area contributed by atoms with Gasteiger partial charge in [-0.3, -0.25) is 0 Å². The molecule has 0 fully saturated rings. The number of aliphatic hydroxyl groups is 2. The molecule has 0 aliphatic rings. The monoisotopic (exact) mass is 372 g/mol. The maximum atomic E-state index is 8.93. The van der Waals surface area contributed by atoms with Gasteiger partial charge in [0.1, 0.15) is 24.7 Å². The lowest BCUT2D eigenvalue weighted by Crippen LogP contribution is -2.40. The molecule has 0 radical (unpaired) electrons. The number of ether oxygens (including phenoxy) is 2. The molecule has 2 rings (SSSR count). The summed E-state index contributed by atoms with van der Waals surface area (Å²) in [5, 5.41) is 17.9. The fourth-order valence-corrected chi connectivity index (χ4v) is 3.40. The van der Waals surface area contributed by atoms with E-state index in [-0.39, 0.29) is 24.0 Å². The zero-order chi connectivity index (χ0) is 19.9. The van der Waals surface area contributed by atoms with Gasteiger partial charge in [0, 0.05) is 5.41 Å². The molecule has 0 amide bonds. The Morgan fingerprint density at radius 1 is 0.704 bits per heavy atom. The van der Waals surface area contributed by atoms with Gasteiger partial charge in [-0.15, -0.1) is 0 Å². The summed E-state index contributed by atoms with van der Waals surface area (Å²) in [7, 11) is 0. The van der Waals surface area contributed by atoms with E-state index in [1.54, 1.807) is 0 Å². The van der Waals surface area contributed by atoms with Gasteiger partial charge < -0.3 is 19.7 Å². The number of benzene rings is 2. The normalized spacial score (nSPS) is 12.1. The Hall–Kier alpha value is -2.04. The fraction of sp³-hybridized carbons (Fsp3) is 0.478. The minimum Gasteiger partial charge on any atom is -0.491 e. The Balaban J connectivity index is 2.41. The van der Waals surface area contributed by atoms with Crippen LogP contribution < -0.4 is 9.47 Å². The molecule has 0 aliphatic heterocycles. The molecule has 4 heteroatoms. The third-order valence-corrected chi connectivity index (χ3v) is 5.82. The predicted octanol–water partition coefficient (Wildman–Crippen LogP) is 4.17. The number of hydrogen-bond acceptors (Lipinski definition) is 4. The van der Waals surface area contributed by atoms with E-state index in [0.717, 1.165) is 17.9 Å². The molecule has 0 spiro atoms. The Kier molecular flexibility index (Phi) is 7.28. The van der Waals surface area contributed by atoms with Crippen molar-refractivity contribution in [2.24, 2.45) is 5.41 Å². The second-order valence-corrected chi connectivity index (χ2v) is 7.56. The lowest BCUT2D eigenvalue weighted by Gasteiger charge is -2.45. The topological polar surface area (TPSA) is 58.9 Å². The smallest absolute Gasteiger partial charge is 0.119 e. The van der Waals surface area contributed by atoms with Gasteiger partial charge in [0.05, 0.1) is 13.2 Å². The summed E-state index contributed by atoms with van der Waals surface area (Å²) in [6.07, 6.45) is 1.02. The van der Waals surface area contributed by atoms with Gasteiger partial charge in [-0.2, -0.15) is 0 Å². The minimum absolute atomic E-state index is 0.00698. The molecule has 2 aromatic carbocycles. The third-order valence-electron chi connectivity index (χ3n) is 5.82. The maximum absolute atomic E-state index is 8.93. The molecule has 0 atom stereocenters. The van der Waals surface area contributed by atoms with Crippen LogP contribution >= 0.6 is 0 Å². The second kappa shape index (κ2) is 9.25. The Morgan fingerprint density at radius 2 is 1.07 bits per heavy atom. The maximum Gasteiger partial charge on any atom is 0.119 e. The fourth-order valence-electron chi connectivity index (χ4n) is 3.40. The van der Waals surface area contributed by atoms with Gasteiger partial charge in [0.15, 0.2) is 0 Å². The number of aliphatic hydroxyl groups excluding tert-OH is 2. The van der Waals surface area contributed by atoms with E-state index in [1.807, 2.05) is 24.3 Å². The molecule has 0 heterocycles. The van der Waals surface area contributed by atoms with Gasteiger partial charge in [-0.1, -0.05) is 52.0 Å². The minimum atomic E-state index is -0.202. The van der Waals surface area contributed by atoms with Crippen molar-refractivity contribution >= 4 is 0 Å². The molecule has 0 bridgehead atoms. The lowest BCUT2D eigenvalue weighted by molar-refractivity contribution is 0.199. The Bertz CT molecular complexity index is 638. The average Bonchev–Trinajstić information content (AvgIpc) is 2.70. The predicted molar refractivity (Wildman–Crippen MR) is 109 cm³/mol.